The standard InChI is InChI=1S/C15H22ClN5O/c1-6-20-11(4)14(10(3)19-20)9(2)18-15(22)12(5)21-8-13(16)7-17-21/h7-9,12H,6H2,1-5H3,(H,18,22)/t9-,12+/m0/s1. The third-order valence-corrected chi connectivity index (χ3v) is 4.07. The molecule has 120 valence electrons. The van der Waals surface area contributed by atoms with Crippen LogP contribution < -0.4 is 5.32 Å². The van der Waals surface area contributed by atoms with Gasteiger partial charge in [0, 0.05) is 24.0 Å². The van der Waals surface area contributed by atoms with Gasteiger partial charge >= 0.3 is 0 Å². The van der Waals surface area contributed by atoms with E-state index >= 15 is 0 Å². The van der Waals surface area contributed by atoms with Gasteiger partial charge in [0.2, 0.25) is 5.91 Å². The van der Waals surface area contributed by atoms with Crippen molar-refractivity contribution >= 4 is 17.5 Å². The van der Waals surface area contributed by atoms with Gasteiger partial charge in [0.1, 0.15) is 6.04 Å². The average Bonchev–Trinajstić information content (AvgIpc) is 3.01. The molecule has 22 heavy (non-hydrogen) atoms. The fraction of sp³-hybridized carbons (Fsp3) is 0.533. The van der Waals surface area contributed by atoms with E-state index in [0.29, 0.717) is 5.02 Å². The zero-order chi connectivity index (χ0) is 16.4. The molecule has 0 aliphatic carbocycles. The van der Waals surface area contributed by atoms with Gasteiger partial charge in [-0.2, -0.15) is 10.2 Å². The SMILES string of the molecule is CCn1nc(C)c([C@H](C)NC(=O)[C@@H](C)n2cc(Cl)cn2)c1C. The Balaban J connectivity index is 2.13. The summed E-state index contributed by atoms with van der Waals surface area (Å²) in [5.41, 5.74) is 3.10. The zero-order valence-electron chi connectivity index (χ0n) is 13.6. The maximum atomic E-state index is 12.4. The van der Waals surface area contributed by atoms with Crippen molar-refractivity contribution < 1.29 is 4.79 Å². The molecule has 0 aliphatic rings. The monoisotopic (exact) mass is 323 g/mol. The molecule has 1 N–H and O–H groups in total. The topological polar surface area (TPSA) is 64.7 Å². The van der Waals surface area contributed by atoms with Crippen molar-refractivity contribution in [2.24, 2.45) is 0 Å². The van der Waals surface area contributed by atoms with Crippen LogP contribution in [-0.4, -0.2) is 25.5 Å². The lowest BCUT2D eigenvalue weighted by Crippen LogP contribution is -2.33. The molecule has 0 bridgehead atoms. The van der Waals surface area contributed by atoms with Crippen LogP contribution in [0.4, 0.5) is 0 Å². The minimum atomic E-state index is -0.420. The first kappa shape index (κ1) is 16.5. The first-order valence-corrected chi connectivity index (χ1v) is 7.76. The van der Waals surface area contributed by atoms with Crippen LogP contribution in [0.25, 0.3) is 0 Å². The molecule has 0 spiro atoms. The molecule has 0 radical (unpaired) electrons. The van der Waals surface area contributed by atoms with Crippen molar-refractivity contribution in [3.8, 4) is 0 Å². The van der Waals surface area contributed by atoms with Crippen LogP contribution in [0.1, 0.15) is 49.8 Å². The van der Waals surface area contributed by atoms with Crippen LogP contribution in [0.15, 0.2) is 12.4 Å². The van der Waals surface area contributed by atoms with Gasteiger partial charge in [-0.25, -0.2) is 0 Å². The van der Waals surface area contributed by atoms with Gasteiger partial charge in [0.25, 0.3) is 0 Å². The van der Waals surface area contributed by atoms with Crippen LogP contribution in [0, 0.1) is 13.8 Å². The summed E-state index contributed by atoms with van der Waals surface area (Å²) in [7, 11) is 0. The van der Waals surface area contributed by atoms with E-state index in [9.17, 15) is 4.79 Å². The smallest absolute Gasteiger partial charge is 0.245 e. The first-order chi connectivity index (χ1) is 10.3. The molecule has 1 amide bonds. The van der Waals surface area contributed by atoms with Crippen molar-refractivity contribution in [3.63, 3.8) is 0 Å². The second kappa shape index (κ2) is 6.52. The van der Waals surface area contributed by atoms with Gasteiger partial charge in [0.05, 0.1) is 23.0 Å². The van der Waals surface area contributed by atoms with Crippen LogP contribution >= 0.6 is 11.6 Å². The highest BCUT2D eigenvalue weighted by atomic mass is 35.5. The van der Waals surface area contributed by atoms with E-state index in [1.54, 1.807) is 17.8 Å². The van der Waals surface area contributed by atoms with Crippen molar-refractivity contribution in [2.75, 3.05) is 0 Å². The van der Waals surface area contributed by atoms with Gasteiger partial charge in [-0.1, -0.05) is 11.6 Å². The lowest BCUT2D eigenvalue weighted by molar-refractivity contribution is -0.124. The van der Waals surface area contributed by atoms with E-state index in [0.717, 1.165) is 23.5 Å². The second-order valence-electron chi connectivity index (χ2n) is 5.45. The molecule has 7 heteroatoms. The van der Waals surface area contributed by atoms with E-state index in [4.69, 9.17) is 11.6 Å². The molecule has 2 atom stereocenters. The lowest BCUT2D eigenvalue weighted by atomic mass is 10.1. The maximum absolute atomic E-state index is 12.4. The Hall–Kier alpha value is -1.82. The Morgan fingerprint density at radius 2 is 2.09 bits per heavy atom. The maximum Gasteiger partial charge on any atom is 0.245 e. The average molecular weight is 324 g/mol. The van der Waals surface area contributed by atoms with E-state index in [1.807, 2.05) is 25.5 Å². The molecule has 0 saturated carbocycles. The Bertz CT molecular complexity index is 676. The Morgan fingerprint density at radius 1 is 1.41 bits per heavy atom. The molecule has 2 aromatic heterocycles. The number of carbonyl (C=O) groups excluding carboxylic acids is 1. The number of rotatable bonds is 5. The van der Waals surface area contributed by atoms with Gasteiger partial charge < -0.3 is 5.32 Å². The highest BCUT2D eigenvalue weighted by Crippen LogP contribution is 2.22. The molecule has 0 fully saturated rings. The van der Waals surface area contributed by atoms with E-state index in [1.165, 1.54) is 6.20 Å². The summed E-state index contributed by atoms with van der Waals surface area (Å²) < 4.78 is 3.50. The predicted octanol–water partition coefficient (Wildman–Crippen LogP) is 2.81. The summed E-state index contributed by atoms with van der Waals surface area (Å²) in [6.07, 6.45) is 3.16. The molecule has 2 rings (SSSR count). The number of halogens is 1. The number of carbonyl (C=O) groups is 1. The molecule has 0 aliphatic heterocycles. The summed E-state index contributed by atoms with van der Waals surface area (Å²) in [4.78, 5) is 12.4. The summed E-state index contributed by atoms with van der Waals surface area (Å²) >= 11 is 5.85. The molecule has 0 saturated heterocycles. The molecular formula is C15H22ClN5O. The molecule has 0 aromatic carbocycles. The van der Waals surface area contributed by atoms with E-state index in [-0.39, 0.29) is 11.9 Å². The number of hydrogen-bond acceptors (Lipinski definition) is 3. The van der Waals surface area contributed by atoms with Gasteiger partial charge in [0.15, 0.2) is 0 Å². The Kier molecular flexibility index (Phi) is 4.90. The van der Waals surface area contributed by atoms with Crippen LogP contribution in [0.2, 0.25) is 5.02 Å². The number of hydrogen-bond donors (Lipinski definition) is 1. The fourth-order valence-electron chi connectivity index (χ4n) is 2.70. The quantitative estimate of drug-likeness (QED) is 0.920. The normalized spacial score (nSPS) is 13.9. The van der Waals surface area contributed by atoms with Crippen LogP contribution in [0.3, 0.4) is 0 Å². The van der Waals surface area contributed by atoms with Crippen molar-refractivity contribution in [2.45, 2.75) is 53.2 Å². The molecule has 2 aromatic rings. The summed E-state index contributed by atoms with van der Waals surface area (Å²) in [5.74, 6) is -0.102. The number of amides is 1. The van der Waals surface area contributed by atoms with E-state index in [2.05, 4.69) is 22.4 Å². The number of nitrogens with zero attached hydrogens (tertiary/aromatic N) is 4. The number of aryl methyl sites for hydroxylation is 2. The largest absolute Gasteiger partial charge is 0.348 e. The van der Waals surface area contributed by atoms with Crippen molar-refractivity contribution in [1.29, 1.82) is 0 Å². The minimum absolute atomic E-state index is 0.102. The number of nitrogens with one attached hydrogen (secondary N) is 1. The Morgan fingerprint density at radius 3 is 2.59 bits per heavy atom. The second-order valence-corrected chi connectivity index (χ2v) is 5.88. The molecule has 2 heterocycles. The highest BCUT2D eigenvalue weighted by Gasteiger charge is 2.22. The number of aromatic nitrogens is 4. The lowest BCUT2D eigenvalue weighted by Gasteiger charge is -2.18. The molecule has 0 unspecified atom stereocenters. The van der Waals surface area contributed by atoms with Crippen molar-refractivity contribution in [3.05, 3.63) is 34.4 Å². The van der Waals surface area contributed by atoms with Crippen LogP contribution in [0.5, 0.6) is 0 Å². The third kappa shape index (κ3) is 3.16. The predicted molar refractivity (Wildman–Crippen MR) is 85.9 cm³/mol. The van der Waals surface area contributed by atoms with Gasteiger partial charge in [-0.15, -0.1) is 0 Å². The Labute approximate surface area is 135 Å². The highest BCUT2D eigenvalue weighted by molar-refractivity contribution is 6.30. The van der Waals surface area contributed by atoms with Crippen molar-refractivity contribution in [1.82, 2.24) is 24.9 Å². The summed E-state index contributed by atoms with van der Waals surface area (Å²) in [5, 5.41) is 12.1. The summed E-state index contributed by atoms with van der Waals surface area (Å²) in [6.45, 7) is 10.6. The van der Waals surface area contributed by atoms with Gasteiger partial charge in [-0.3, -0.25) is 14.2 Å². The first-order valence-electron chi connectivity index (χ1n) is 7.39. The van der Waals surface area contributed by atoms with Crippen LogP contribution in [-0.2, 0) is 11.3 Å². The summed E-state index contributed by atoms with van der Waals surface area (Å²) in [6, 6.07) is -0.530. The zero-order valence-corrected chi connectivity index (χ0v) is 14.3. The molecule has 6 nitrogen and oxygen atoms in total. The fourth-order valence-corrected chi connectivity index (χ4v) is 2.84. The minimum Gasteiger partial charge on any atom is -0.348 e. The third-order valence-electron chi connectivity index (χ3n) is 3.88. The van der Waals surface area contributed by atoms with Gasteiger partial charge in [-0.05, 0) is 34.6 Å². The molecular weight excluding hydrogens is 302 g/mol. The van der Waals surface area contributed by atoms with E-state index < -0.39 is 6.04 Å².